The fourth-order valence-electron chi connectivity index (χ4n) is 4.12. The molecule has 1 amide bonds. The van der Waals surface area contributed by atoms with Gasteiger partial charge in [0.05, 0.1) is 18.8 Å². The molecule has 0 radical (unpaired) electrons. The largest absolute Gasteiger partial charge is 0.462 e. The first-order valence-corrected chi connectivity index (χ1v) is 11.5. The number of amides is 1. The number of hydrogen-bond donors (Lipinski definition) is 1. The summed E-state index contributed by atoms with van der Waals surface area (Å²) in [6.07, 6.45) is 2.39. The number of nitrogens with one attached hydrogen (secondary N) is 1. The summed E-state index contributed by atoms with van der Waals surface area (Å²) in [5.74, 6) is -0.823. The van der Waals surface area contributed by atoms with Crippen molar-refractivity contribution in [3.05, 3.63) is 35.5 Å². The van der Waals surface area contributed by atoms with Crippen molar-refractivity contribution in [1.82, 2.24) is 9.88 Å². The highest BCUT2D eigenvalue weighted by Crippen LogP contribution is 2.43. The lowest BCUT2D eigenvalue weighted by molar-refractivity contribution is 0.0407. The molecule has 1 aromatic heterocycles. The van der Waals surface area contributed by atoms with E-state index >= 15 is 0 Å². The van der Waals surface area contributed by atoms with Gasteiger partial charge >= 0.3 is 18.0 Å². The van der Waals surface area contributed by atoms with Crippen molar-refractivity contribution in [3.8, 4) is 0 Å². The number of hydrogen-bond acceptors (Lipinski definition) is 6. The minimum atomic E-state index is -0.575. The number of aromatic nitrogens is 1. The first-order valence-electron chi connectivity index (χ1n) is 11.5. The van der Waals surface area contributed by atoms with E-state index in [1.807, 2.05) is 31.4 Å². The van der Waals surface area contributed by atoms with Gasteiger partial charge in [-0.15, -0.1) is 0 Å². The molecule has 8 heteroatoms. The summed E-state index contributed by atoms with van der Waals surface area (Å²) in [5.41, 5.74) is 0.815. The summed E-state index contributed by atoms with van der Waals surface area (Å²) in [4.78, 5) is 37.3. The molecule has 0 aliphatic heterocycles. The van der Waals surface area contributed by atoms with Gasteiger partial charge in [0, 0.05) is 29.4 Å². The first-order chi connectivity index (χ1) is 15.6. The Kier molecular flexibility index (Phi) is 7.34. The van der Waals surface area contributed by atoms with E-state index in [2.05, 4.69) is 5.32 Å². The predicted molar refractivity (Wildman–Crippen MR) is 124 cm³/mol. The fourth-order valence-corrected chi connectivity index (χ4v) is 4.12. The van der Waals surface area contributed by atoms with Gasteiger partial charge < -0.3 is 24.1 Å². The van der Waals surface area contributed by atoms with Gasteiger partial charge in [0.15, 0.2) is 0 Å². The van der Waals surface area contributed by atoms with Gasteiger partial charge in [-0.2, -0.15) is 0 Å². The smallest absolute Gasteiger partial charge is 0.407 e. The third-order valence-electron chi connectivity index (χ3n) is 5.81. The fraction of sp³-hybridized carbons (Fsp3) is 0.560. The van der Waals surface area contributed by atoms with Gasteiger partial charge in [-0.25, -0.2) is 14.4 Å². The van der Waals surface area contributed by atoms with Crippen LogP contribution in [0.25, 0.3) is 10.9 Å². The Balaban J connectivity index is 1.93. The van der Waals surface area contributed by atoms with Crippen LogP contribution >= 0.6 is 0 Å². The van der Waals surface area contributed by atoms with Crippen molar-refractivity contribution >= 4 is 28.9 Å². The number of nitrogens with zero attached hydrogens (tertiary/aromatic N) is 1. The molecule has 3 rings (SSSR count). The molecule has 0 saturated heterocycles. The van der Waals surface area contributed by atoms with E-state index in [9.17, 15) is 14.4 Å². The first kappa shape index (κ1) is 24.6. The van der Waals surface area contributed by atoms with Crippen LogP contribution in [0.4, 0.5) is 4.79 Å². The second-order valence-electron chi connectivity index (χ2n) is 9.54. The maximum atomic E-state index is 12.7. The summed E-state index contributed by atoms with van der Waals surface area (Å²) in [6, 6.07) is 7.05. The lowest BCUT2D eigenvalue weighted by atomic mass is 9.68. The van der Waals surface area contributed by atoms with Crippen molar-refractivity contribution in [3.63, 3.8) is 0 Å². The van der Waals surface area contributed by atoms with Crippen LogP contribution in [0.15, 0.2) is 24.3 Å². The quantitative estimate of drug-likeness (QED) is 0.455. The number of alkyl carbamates (subject to hydrolysis) is 1. The standard InChI is InChI=1S/C25H34N2O6/c1-6-31-21(28)18-10-9-17-13-20(22(29)32-7-2)27(19(17)14-18)16-25(11-8-12-25)15-26-23(30)33-24(3,4)5/h9-10,13-14H,6-8,11-12,15-16H2,1-5H3,(H,26,30). The lowest BCUT2D eigenvalue weighted by Crippen LogP contribution is -2.46. The van der Waals surface area contributed by atoms with Gasteiger partial charge in [0.2, 0.25) is 0 Å². The molecule has 1 aromatic carbocycles. The van der Waals surface area contributed by atoms with Crippen LogP contribution in [0, 0.1) is 5.41 Å². The van der Waals surface area contributed by atoms with Gasteiger partial charge in [0.25, 0.3) is 0 Å². The molecule has 1 aliphatic rings. The molecular formula is C25H34N2O6. The topological polar surface area (TPSA) is 95.9 Å². The molecule has 1 N–H and O–H groups in total. The normalized spacial score (nSPS) is 14.9. The average Bonchev–Trinajstić information content (AvgIpc) is 3.06. The molecule has 2 aromatic rings. The molecule has 1 aliphatic carbocycles. The summed E-state index contributed by atoms with van der Waals surface area (Å²) in [7, 11) is 0. The zero-order chi connectivity index (χ0) is 24.2. The van der Waals surface area contributed by atoms with Crippen LogP contribution in [0.1, 0.15) is 74.7 Å². The summed E-state index contributed by atoms with van der Waals surface area (Å²) >= 11 is 0. The van der Waals surface area contributed by atoms with Crippen LogP contribution < -0.4 is 5.32 Å². The Morgan fingerprint density at radius 3 is 2.27 bits per heavy atom. The molecule has 1 saturated carbocycles. The maximum absolute atomic E-state index is 12.7. The Morgan fingerprint density at radius 1 is 1.03 bits per heavy atom. The van der Waals surface area contributed by atoms with Crippen LogP contribution in [-0.2, 0) is 20.8 Å². The Morgan fingerprint density at radius 2 is 1.70 bits per heavy atom. The molecule has 8 nitrogen and oxygen atoms in total. The zero-order valence-corrected chi connectivity index (χ0v) is 20.2. The molecule has 0 spiro atoms. The molecule has 33 heavy (non-hydrogen) atoms. The highest BCUT2D eigenvalue weighted by molar-refractivity contribution is 5.99. The van der Waals surface area contributed by atoms with Crippen molar-refractivity contribution < 1.29 is 28.6 Å². The van der Waals surface area contributed by atoms with Gasteiger partial charge in [-0.3, -0.25) is 0 Å². The van der Waals surface area contributed by atoms with Gasteiger partial charge in [-0.05, 0) is 65.7 Å². The number of carbonyl (C=O) groups excluding carboxylic acids is 3. The molecule has 0 bridgehead atoms. The molecule has 1 heterocycles. The van der Waals surface area contributed by atoms with Gasteiger partial charge in [0.1, 0.15) is 11.3 Å². The number of benzene rings is 1. The SMILES string of the molecule is CCOC(=O)c1ccc2cc(C(=O)OCC)n(CC3(CNC(=O)OC(C)(C)C)CCC3)c2c1. The van der Waals surface area contributed by atoms with Crippen LogP contribution in [0.5, 0.6) is 0 Å². The van der Waals surface area contributed by atoms with Crippen LogP contribution in [-0.4, -0.2) is 48.0 Å². The molecular weight excluding hydrogens is 424 g/mol. The number of carbonyl (C=O) groups is 3. The third-order valence-corrected chi connectivity index (χ3v) is 5.81. The lowest BCUT2D eigenvalue weighted by Gasteiger charge is -2.42. The van der Waals surface area contributed by atoms with Crippen molar-refractivity contribution in [2.45, 2.75) is 66.0 Å². The van der Waals surface area contributed by atoms with E-state index in [-0.39, 0.29) is 18.6 Å². The highest BCUT2D eigenvalue weighted by Gasteiger charge is 2.39. The second-order valence-corrected chi connectivity index (χ2v) is 9.54. The number of rotatable bonds is 8. The molecule has 180 valence electrons. The summed E-state index contributed by atoms with van der Waals surface area (Å²) < 4.78 is 17.7. The van der Waals surface area contributed by atoms with E-state index in [1.54, 1.807) is 32.0 Å². The third kappa shape index (κ3) is 5.86. The Bertz CT molecular complexity index is 1030. The number of esters is 2. The maximum Gasteiger partial charge on any atom is 0.407 e. The van der Waals surface area contributed by atoms with Crippen LogP contribution in [0.2, 0.25) is 0 Å². The number of fused-ring (bicyclic) bond motifs is 1. The van der Waals surface area contributed by atoms with E-state index in [0.29, 0.717) is 24.3 Å². The minimum absolute atomic E-state index is 0.218. The predicted octanol–water partition coefficient (Wildman–Crippen LogP) is 4.69. The zero-order valence-electron chi connectivity index (χ0n) is 20.2. The van der Waals surface area contributed by atoms with Crippen molar-refractivity contribution in [1.29, 1.82) is 0 Å². The molecule has 0 atom stereocenters. The van der Waals surface area contributed by atoms with Crippen molar-refractivity contribution in [2.75, 3.05) is 19.8 Å². The minimum Gasteiger partial charge on any atom is -0.462 e. The Labute approximate surface area is 194 Å². The van der Waals surface area contributed by atoms with E-state index < -0.39 is 23.6 Å². The summed E-state index contributed by atoms with van der Waals surface area (Å²) in [6.45, 7) is 10.5. The molecule has 1 fully saturated rings. The molecule has 0 unspecified atom stereocenters. The van der Waals surface area contributed by atoms with E-state index in [4.69, 9.17) is 14.2 Å². The second kappa shape index (κ2) is 9.85. The summed E-state index contributed by atoms with van der Waals surface area (Å²) in [5, 5.41) is 3.73. The van der Waals surface area contributed by atoms with E-state index in [1.165, 1.54) is 0 Å². The van der Waals surface area contributed by atoms with E-state index in [0.717, 1.165) is 30.2 Å². The monoisotopic (exact) mass is 458 g/mol. The number of ether oxygens (including phenoxy) is 3. The highest BCUT2D eigenvalue weighted by atomic mass is 16.6. The Hall–Kier alpha value is -3.03. The average molecular weight is 459 g/mol. The van der Waals surface area contributed by atoms with Gasteiger partial charge in [-0.1, -0.05) is 12.5 Å². The van der Waals surface area contributed by atoms with Crippen molar-refractivity contribution in [2.24, 2.45) is 5.41 Å². The van der Waals surface area contributed by atoms with Crippen LogP contribution in [0.3, 0.4) is 0 Å².